The van der Waals surface area contributed by atoms with Crippen LogP contribution in [0.1, 0.15) is 21.7 Å². The fraction of sp³-hybridized carbons (Fsp3) is 0.154. The third-order valence-corrected chi connectivity index (χ3v) is 3.48. The van der Waals surface area contributed by atoms with Gasteiger partial charge in [0.2, 0.25) is 0 Å². The lowest BCUT2D eigenvalue weighted by Crippen LogP contribution is -1.89. The number of nitrogens with zero attached hydrogens (tertiary/aromatic N) is 3. The number of carboxylic acid groups (broad SMARTS) is 1. The second kappa shape index (κ2) is 5.91. The maximum atomic E-state index is 10.9. The lowest BCUT2D eigenvalue weighted by Gasteiger charge is -1.92. The Labute approximate surface area is 113 Å². The van der Waals surface area contributed by atoms with E-state index in [1.165, 1.54) is 11.3 Å². The van der Waals surface area contributed by atoms with Gasteiger partial charge >= 0.3 is 5.97 Å². The molecule has 0 bridgehead atoms. The van der Waals surface area contributed by atoms with E-state index in [9.17, 15) is 4.79 Å². The molecule has 2 rings (SSSR count). The topological polar surface area (TPSA) is 86.1 Å². The molecule has 0 unspecified atom stereocenters. The summed E-state index contributed by atoms with van der Waals surface area (Å²) in [6.07, 6.45) is 0.483. The number of hydrogen-bond donors (Lipinski definition) is 1. The van der Waals surface area contributed by atoms with E-state index < -0.39 is 5.97 Å². The van der Waals surface area contributed by atoms with Crippen molar-refractivity contribution in [2.75, 3.05) is 6.54 Å². The summed E-state index contributed by atoms with van der Waals surface area (Å²) in [5, 5.41) is 13.2. The van der Waals surface area contributed by atoms with Crippen molar-refractivity contribution < 1.29 is 9.90 Å². The van der Waals surface area contributed by atoms with Crippen molar-refractivity contribution >= 4 is 27.4 Å². The van der Waals surface area contributed by atoms with Crippen LogP contribution in [0.15, 0.2) is 29.4 Å². The SMILES string of the molecule is [N-]=[N+]=NCCC#Cc1cccc2sc(C(=O)O)cc12. The van der Waals surface area contributed by atoms with Crippen molar-refractivity contribution in [3.8, 4) is 11.8 Å². The zero-order valence-corrected chi connectivity index (χ0v) is 10.6. The summed E-state index contributed by atoms with van der Waals surface area (Å²) in [5.74, 6) is 4.96. The summed E-state index contributed by atoms with van der Waals surface area (Å²) in [5.41, 5.74) is 8.93. The summed E-state index contributed by atoms with van der Waals surface area (Å²) in [6.45, 7) is 0.337. The van der Waals surface area contributed by atoms with Gasteiger partial charge in [-0.1, -0.05) is 23.0 Å². The largest absolute Gasteiger partial charge is 0.477 e. The van der Waals surface area contributed by atoms with Crippen LogP contribution in [0.2, 0.25) is 0 Å². The fourth-order valence-corrected chi connectivity index (χ4v) is 2.51. The molecule has 19 heavy (non-hydrogen) atoms. The van der Waals surface area contributed by atoms with Crippen molar-refractivity contribution in [1.82, 2.24) is 0 Å². The second-order valence-corrected chi connectivity index (χ2v) is 4.72. The fourth-order valence-electron chi connectivity index (χ4n) is 1.58. The predicted octanol–water partition coefficient (Wildman–Crippen LogP) is 3.65. The van der Waals surface area contributed by atoms with E-state index in [1.54, 1.807) is 6.07 Å². The van der Waals surface area contributed by atoms with Crippen LogP contribution < -0.4 is 0 Å². The first-order valence-electron chi connectivity index (χ1n) is 5.48. The maximum Gasteiger partial charge on any atom is 0.345 e. The highest BCUT2D eigenvalue weighted by atomic mass is 32.1. The molecule has 0 fully saturated rings. The van der Waals surface area contributed by atoms with Crippen LogP contribution >= 0.6 is 11.3 Å². The lowest BCUT2D eigenvalue weighted by atomic mass is 10.1. The van der Waals surface area contributed by atoms with Crippen molar-refractivity contribution in [1.29, 1.82) is 0 Å². The average molecular weight is 271 g/mol. The molecule has 1 N–H and O–H groups in total. The molecule has 2 aromatic rings. The van der Waals surface area contributed by atoms with Gasteiger partial charge in [0.15, 0.2) is 0 Å². The molecule has 0 aliphatic carbocycles. The number of fused-ring (bicyclic) bond motifs is 1. The van der Waals surface area contributed by atoms with Gasteiger partial charge in [0.05, 0.1) is 0 Å². The number of hydrogen-bond acceptors (Lipinski definition) is 3. The molecule has 0 saturated heterocycles. The molecule has 0 atom stereocenters. The zero-order valence-electron chi connectivity index (χ0n) is 9.83. The van der Waals surface area contributed by atoms with Crippen molar-refractivity contribution in [2.45, 2.75) is 6.42 Å². The first-order valence-corrected chi connectivity index (χ1v) is 6.29. The van der Waals surface area contributed by atoms with Crippen LogP contribution in [0.4, 0.5) is 0 Å². The van der Waals surface area contributed by atoms with Gasteiger partial charge in [-0.25, -0.2) is 4.79 Å². The van der Waals surface area contributed by atoms with Gasteiger partial charge in [-0.15, -0.1) is 11.3 Å². The summed E-state index contributed by atoms with van der Waals surface area (Å²) in [4.78, 5) is 13.9. The molecule has 5 nitrogen and oxygen atoms in total. The normalized spacial score (nSPS) is 9.47. The van der Waals surface area contributed by atoms with Crippen LogP contribution in [0.5, 0.6) is 0 Å². The number of rotatable bonds is 3. The van der Waals surface area contributed by atoms with E-state index in [0.29, 0.717) is 17.8 Å². The van der Waals surface area contributed by atoms with Crippen molar-refractivity contribution in [3.63, 3.8) is 0 Å². The molecular formula is C13H9N3O2S. The van der Waals surface area contributed by atoms with E-state index in [-0.39, 0.29) is 0 Å². The molecule has 0 amide bonds. The minimum Gasteiger partial charge on any atom is -0.477 e. The van der Waals surface area contributed by atoms with Gasteiger partial charge in [-0.3, -0.25) is 0 Å². The van der Waals surface area contributed by atoms with Crippen LogP contribution in [-0.4, -0.2) is 17.6 Å². The first-order chi connectivity index (χ1) is 9.22. The monoisotopic (exact) mass is 271 g/mol. The molecule has 6 heteroatoms. The molecule has 0 aliphatic heterocycles. The average Bonchev–Trinajstić information content (AvgIpc) is 2.83. The maximum absolute atomic E-state index is 10.9. The number of benzene rings is 1. The second-order valence-electron chi connectivity index (χ2n) is 3.64. The van der Waals surface area contributed by atoms with Gasteiger partial charge in [-0.05, 0) is 23.7 Å². The van der Waals surface area contributed by atoms with Crippen LogP contribution in [-0.2, 0) is 0 Å². The van der Waals surface area contributed by atoms with E-state index >= 15 is 0 Å². The zero-order chi connectivity index (χ0) is 13.7. The minimum atomic E-state index is -0.927. The Kier molecular flexibility index (Phi) is 4.04. The predicted molar refractivity (Wildman–Crippen MR) is 74.3 cm³/mol. The van der Waals surface area contributed by atoms with E-state index in [1.807, 2.05) is 18.2 Å². The highest BCUT2D eigenvalue weighted by molar-refractivity contribution is 7.20. The van der Waals surface area contributed by atoms with Crippen LogP contribution in [0, 0.1) is 11.8 Å². The van der Waals surface area contributed by atoms with E-state index in [2.05, 4.69) is 21.9 Å². The molecule has 0 aliphatic rings. The third kappa shape index (κ3) is 3.05. The Morgan fingerprint density at radius 2 is 2.37 bits per heavy atom. The molecular weight excluding hydrogens is 262 g/mol. The van der Waals surface area contributed by atoms with E-state index in [0.717, 1.165) is 15.6 Å². The molecule has 0 radical (unpaired) electrons. The van der Waals surface area contributed by atoms with Crippen molar-refractivity contribution in [2.24, 2.45) is 5.11 Å². The molecule has 1 heterocycles. The number of carboxylic acids is 1. The molecule has 1 aromatic carbocycles. The molecule has 0 saturated carbocycles. The molecule has 94 valence electrons. The number of thiophene rings is 1. The van der Waals surface area contributed by atoms with Crippen LogP contribution in [0.3, 0.4) is 0 Å². The highest BCUT2D eigenvalue weighted by Crippen LogP contribution is 2.28. The smallest absolute Gasteiger partial charge is 0.345 e. The van der Waals surface area contributed by atoms with Gasteiger partial charge in [0, 0.05) is 33.5 Å². The Bertz CT molecular complexity index is 733. The Morgan fingerprint density at radius 1 is 1.53 bits per heavy atom. The number of azide groups is 1. The Hall–Kier alpha value is -2.48. The summed E-state index contributed by atoms with van der Waals surface area (Å²) >= 11 is 1.23. The quantitative estimate of drug-likeness (QED) is 0.304. The van der Waals surface area contributed by atoms with Crippen LogP contribution in [0.25, 0.3) is 20.5 Å². The highest BCUT2D eigenvalue weighted by Gasteiger charge is 2.09. The first kappa shape index (κ1) is 13.0. The molecule has 1 aromatic heterocycles. The van der Waals surface area contributed by atoms with Gasteiger partial charge in [-0.2, -0.15) is 0 Å². The Balaban J connectivity index is 2.32. The summed E-state index contributed by atoms with van der Waals surface area (Å²) < 4.78 is 0.902. The van der Waals surface area contributed by atoms with E-state index in [4.69, 9.17) is 10.6 Å². The minimum absolute atomic E-state index is 0.304. The van der Waals surface area contributed by atoms with Crippen molar-refractivity contribution in [3.05, 3.63) is 45.1 Å². The third-order valence-electron chi connectivity index (χ3n) is 2.40. The van der Waals surface area contributed by atoms with Gasteiger partial charge < -0.3 is 5.11 Å². The summed E-state index contributed by atoms with van der Waals surface area (Å²) in [7, 11) is 0. The van der Waals surface area contributed by atoms with Gasteiger partial charge in [0.25, 0.3) is 0 Å². The lowest BCUT2D eigenvalue weighted by molar-refractivity contribution is 0.0702. The Morgan fingerprint density at radius 3 is 3.11 bits per heavy atom. The standard InChI is InChI=1S/C13H9N3O2S/c14-16-15-7-2-1-4-9-5-3-6-11-10(9)8-12(19-11)13(17)18/h3,5-6,8H,2,7H2,(H,17,18). The number of aromatic carboxylic acids is 1. The number of carbonyl (C=O) groups is 1. The summed E-state index contributed by atoms with van der Waals surface area (Å²) in [6, 6.07) is 7.21. The van der Waals surface area contributed by atoms with Gasteiger partial charge in [0.1, 0.15) is 4.88 Å². The molecule has 0 spiro atoms.